The summed E-state index contributed by atoms with van der Waals surface area (Å²) in [6.07, 6.45) is 6.38. The molecule has 4 nitrogen and oxygen atoms in total. The van der Waals surface area contributed by atoms with Crippen molar-refractivity contribution < 1.29 is 4.79 Å². The highest BCUT2D eigenvalue weighted by Crippen LogP contribution is 2.28. The summed E-state index contributed by atoms with van der Waals surface area (Å²) < 4.78 is 0. The summed E-state index contributed by atoms with van der Waals surface area (Å²) in [4.78, 5) is 12.9. The van der Waals surface area contributed by atoms with E-state index in [9.17, 15) is 4.79 Å². The first kappa shape index (κ1) is 26.8. The van der Waals surface area contributed by atoms with Gasteiger partial charge in [0, 0.05) is 35.8 Å². The van der Waals surface area contributed by atoms with Gasteiger partial charge in [-0.2, -0.15) is 0 Å². The van der Waals surface area contributed by atoms with Gasteiger partial charge in [0.25, 0.3) is 0 Å². The normalized spacial score (nSPS) is 17.9. The number of nitrogens with one attached hydrogen (secondary N) is 3. The van der Waals surface area contributed by atoms with E-state index in [1.165, 1.54) is 16.7 Å². The molecule has 0 bridgehead atoms. The van der Waals surface area contributed by atoms with Crippen molar-refractivity contribution in [3.8, 4) is 11.1 Å². The van der Waals surface area contributed by atoms with Crippen LogP contribution in [0.25, 0.3) is 17.2 Å². The fourth-order valence-electron chi connectivity index (χ4n) is 5.68. The van der Waals surface area contributed by atoms with Crippen molar-refractivity contribution in [1.82, 2.24) is 16.0 Å². The van der Waals surface area contributed by atoms with Gasteiger partial charge in [0.1, 0.15) is 0 Å². The zero-order valence-electron chi connectivity index (χ0n) is 22.6. The van der Waals surface area contributed by atoms with Crippen LogP contribution in [0.5, 0.6) is 0 Å². The maximum absolute atomic E-state index is 12.9. The molecule has 1 amide bonds. The fraction of sp³-hybridized carbons (Fsp3) is 0.364. The minimum absolute atomic E-state index is 0.0170. The second-order valence-electron chi connectivity index (χ2n) is 11.6. The SMILES string of the molecule is CC1(C)CC(NCC(Cc2ccc(-c3ccccc3)cc2)NC(=O)C=Cc2ccccc2)CC(C)(C)N1. The quantitative estimate of drug-likeness (QED) is 0.320. The summed E-state index contributed by atoms with van der Waals surface area (Å²) in [7, 11) is 0. The third-order valence-electron chi connectivity index (χ3n) is 6.96. The van der Waals surface area contributed by atoms with E-state index in [1.54, 1.807) is 6.08 Å². The molecule has 1 heterocycles. The van der Waals surface area contributed by atoms with Crippen LogP contribution in [0, 0.1) is 0 Å². The molecule has 0 aromatic heterocycles. The molecule has 1 saturated heterocycles. The van der Waals surface area contributed by atoms with Crippen LogP contribution in [-0.2, 0) is 11.2 Å². The maximum Gasteiger partial charge on any atom is 0.244 e. The van der Waals surface area contributed by atoms with Crippen LogP contribution in [0.3, 0.4) is 0 Å². The molecule has 3 N–H and O–H groups in total. The maximum atomic E-state index is 12.9. The van der Waals surface area contributed by atoms with Crippen molar-refractivity contribution in [2.75, 3.05) is 6.54 Å². The summed E-state index contributed by atoms with van der Waals surface area (Å²) in [5.41, 5.74) is 4.79. The minimum atomic E-state index is -0.0671. The average molecular weight is 496 g/mol. The summed E-state index contributed by atoms with van der Waals surface area (Å²) in [6.45, 7) is 9.80. The topological polar surface area (TPSA) is 53.2 Å². The molecule has 37 heavy (non-hydrogen) atoms. The number of hydrogen-bond donors (Lipinski definition) is 3. The first-order valence-electron chi connectivity index (χ1n) is 13.4. The van der Waals surface area contributed by atoms with E-state index in [1.807, 2.05) is 42.5 Å². The molecule has 1 fully saturated rings. The van der Waals surface area contributed by atoms with E-state index in [4.69, 9.17) is 0 Å². The zero-order chi connectivity index (χ0) is 26.3. The number of benzene rings is 3. The van der Waals surface area contributed by atoms with Gasteiger partial charge in [-0.3, -0.25) is 4.79 Å². The number of piperidine rings is 1. The molecule has 1 atom stereocenters. The second-order valence-corrected chi connectivity index (χ2v) is 11.6. The van der Waals surface area contributed by atoms with Gasteiger partial charge in [-0.15, -0.1) is 0 Å². The highest BCUT2D eigenvalue weighted by Gasteiger charge is 2.37. The second kappa shape index (κ2) is 11.9. The van der Waals surface area contributed by atoms with Crippen molar-refractivity contribution >= 4 is 12.0 Å². The molecule has 3 aromatic rings. The van der Waals surface area contributed by atoms with Crippen LogP contribution in [0.4, 0.5) is 0 Å². The first-order chi connectivity index (χ1) is 17.7. The van der Waals surface area contributed by atoms with Crippen LogP contribution in [0.1, 0.15) is 51.7 Å². The van der Waals surface area contributed by atoms with Gasteiger partial charge < -0.3 is 16.0 Å². The molecule has 1 aliphatic rings. The van der Waals surface area contributed by atoms with Crippen LogP contribution in [-0.4, -0.2) is 35.6 Å². The van der Waals surface area contributed by atoms with Crippen molar-refractivity contribution in [2.45, 2.75) is 70.1 Å². The highest BCUT2D eigenvalue weighted by molar-refractivity contribution is 5.91. The number of amides is 1. The molecule has 3 aromatic carbocycles. The predicted octanol–water partition coefficient (Wildman–Crippen LogP) is 5.99. The summed E-state index contributed by atoms with van der Waals surface area (Å²) in [6, 6.07) is 29.4. The Morgan fingerprint density at radius 2 is 1.43 bits per heavy atom. The van der Waals surface area contributed by atoms with E-state index in [-0.39, 0.29) is 23.0 Å². The van der Waals surface area contributed by atoms with Gasteiger partial charge in [0.05, 0.1) is 0 Å². The smallest absolute Gasteiger partial charge is 0.244 e. The van der Waals surface area contributed by atoms with Crippen molar-refractivity contribution in [1.29, 1.82) is 0 Å². The van der Waals surface area contributed by atoms with Gasteiger partial charge in [0.2, 0.25) is 5.91 Å². The Kier molecular flexibility index (Phi) is 8.63. The van der Waals surface area contributed by atoms with Crippen molar-refractivity contribution in [3.63, 3.8) is 0 Å². The van der Waals surface area contributed by atoms with Gasteiger partial charge in [-0.05, 0) is 75.3 Å². The Balaban J connectivity index is 1.44. The lowest BCUT2D eigenvalue weighted by atomic mass is 9.79. The Labute approximate surface area is 222 Å². The van der Waals surface area contributed by atoms with Crippen molar-refractivity contribution in [2.24, 2.45) is 0 Å². The molecule has 1 unspecified atom stereocenters. The number of rotatable bonds is 9. The summed E-state index contributed by atoms with van der Waals surface area (Å²) in [5.74, 6) is -0.0671. The Bertz CT molecular complexity index is 1150. The van der Waals surface area contributed by atoms with Crippen LogP contribution in [0.2, 0.25) is 0 Å². The zero-order valence-corrected chi connectivity index (χ0v) is 22.6. The van der Waals surface area contributed by atoms with Crippen LogP contribution >= 0.6 is 0 Å². The lowest BCUT2D eigenvalue weighted by Crippen LogP contribution is -2.62. The van der Waals surface area contributed by atoms with Crippen molar-refractivity contribution in [3.05, 3.63) is 102 Å². The lowest BCUT2D eigenvalue weighted by molar-refractivity contribution is -0.117. The van der Waals surface area contributed by atoms with Gasteiger partial charge in [0.15, 0.2) is 0 Å². The average Bonchev–Trinajstić information content (AvgIpc) is 2.86. The molecule has 0 spiro atoms. The molecule has 4 heteroatoms. The lowest BCUT2D eigenvalue weighted by Gasteiger charge is -2.47. The Morgan fingerprint density at radius 3 is 2.05 bits per heavy atom. The van der Waals surface area contributed by atoms with E-state index in [0.717, 1.165) is 31.4 Å². The summed E-state index contributed by atoms with van der Waals surface area (Å²) in [5, 5.41) is 10.8. The third kappa shape index (κ3) is 8.41. The molecule has 0 aliphatic carbocycles. The largest absolute Gasteiger partial charge is 0.348 e. The monoisotopic (exact) mass is 495 g/mol. The number of hydrogen-bond acceptors (Lipinski definition) is 3. The Hall–Kier alpha value is -3.21. The Morgan fingerprint density at radius 1 is 0.865 bits per heavy atom. The van der Waals surface area contributed by atoms with E-state index >= 15 is 0 Å². The first-order valence-corrected chi connectivity index (χ1v) is 13.4. The molecule has 4 rings (SSSR count). The van der Waals surface area contributed by atoms with Crippen LogP contribution in [0.15, 0.2) is 91.0 Å². The third-order valence-corrected chi connectivity index (χ3v) is 6.96. The van der Waals surface area contributed by atoms with Gasteiger partial charge >= 0.3 is 0 Å². The number of carbonyl (C=O) groups excluding carboxylic acids is 1. The molecule has 194 valence electrons. The minimum Gasteiger partial charge on any atom is -0.348 e. The van der Waals surface area contributed by atoms with E-state index in [0.29, 0.717) is 6.04 Å². The standard InChI is InChI=1S/C33H41N3O/c1-32(2)22-30(23-33(3,4)36-32)34-24-29(35-31(37)20-17-25-11-7-5-8-12-25)21-26-15-18-28(19-16-26)27-13-9-6-10-14-27/h5-20,29-30,34,36H,21-24H2,1-4H3,(H,35,37). The molecule has 0 radical (unpaired) electrons. The van der Waals surface area contributed by atoms with Gasteiger partial charge in [-0.25, -0.2) is 0 Å². The molecule has 1 aliphatic heterocycles. The van der Waals surface area contributed by atoms with Gasteiger partial charge in [-0.1, -0.05) is 84.9 Å². The van der Waals surface area contributed by atoms with E-state index in [2.05, 4.69) is 92.2 Å². The van der Waals surface area contributed by atoms with E-state index < -0.39 is 0 Å². The van der Waals surface area contributed by atoms with Crippen LogP contribution < -0.4 is 16.0 Å². The molecular weight excluding hydrogens is 454 g/mol. The number of carbonyl (C=O) groups is 1. The highest BCUT2D eigenvalue weighted by atomic mass is 16.1. The molecular formula is C33H41N3O. The molecule has 0 saturated carbocycles. The summed E-state index contributed by atoms with van der Waals surface area (Å²) >= 11 is 0. The fourth-order valence-corrected chi connectivity index (χ4v) is 5.68. The predicted molar refractivity (Wildman–Crippen MR) is 155 cm³/mol.